The van der Waals surface area contributed by atoms with E-state index in [9.17, 15) is 10.2 Å². The lowest BCUT2D eigenvalue weighted by molar-refractivity contribution is -0.672. The smallest absolute Gasteiger partial charge is 0.213 e. The van der Waals surface area contributed by atoms with E-state index >= 15 is 0 Å². The Morgan fingerprint density at radius 3 is 2.58 bits per heavy atom. The third-order valence-corrected chi connectivity index (χ3v) is 5.37. The van der Waals surface area contributed by atoms with Crippen LogP contribution in [0.3, 0.4) is 0 Å². The number of rotatable bonds is 7. The number of pyridine rings is 1. The monoisotopic (exact) mass is 411 g/mol. The van der Waals surface area contributed by atoms with Crippen LogP contribution in [0.2, 0.25) is 0 Å². The van der Waals surface area contributed by atoms with E-state index in [0.717, 1.165) is 33.3 Å². The first-order valence-corrected chi connectivity index (χ1v) is 10.5. The molecule has 0 radical (unpaired) electrons. The van der Waals surface area contributed by atoms with Gasteiger partial charge in [-0.2, -0.15) is 4.57 Å². The molecule has 0 bridgehead atoms. The Labute approximate surface area is 183 Å². The number of hydrogen-bond acceptors (Lipinski definition) is 3. The van der Waals surface area contributed by atoms with Gasteiger partial charge in [0, 0.05) is 36.1 Å². The first-order chi connectivity index (χ1) is 15.3. The summed E-state index contributed by atoms with van der Waals surface area (Å²) in [6.45, 7) is 1.42. The van der Waals surface area contributed by atoms with E-state index in [0.29, 0.717) is 13.1 Å². The lowest BCUT2D eigenvalue weighted by Gasteiger charge is -2.26. The van der Waals surface area contributed by atoms with Gasteiger partial charge in [0.25, 0.3) is 0 Å². The fraction of sp³-hybridized carbons (Fsp3) is 0.148. The summed E-state index contributed by atoms with van der Waals surface area (Å²) in [4.78, 5) is 2.07. The molecule has 4 rings (SSSR count). The molecular formula is C27H27N2O2+. The minimum atomic E-state index is 0.122. The van der Waals surface area contributed by atoms with Gasteiger partial charge in [-0.05, 0) is 29.3 Å². The Balaban J connectivity index is 1.54. The van der Waals surface area contributed by atoms with Crippen LogP contribution in [0.25, 0.3) is 22.6 Å². The van der Waals surface area contributed by atoms with Crippen molar-refractivity contribution in [1.82, 2.24) is 0 Å². The Morgan fingerprint density at radius 1 is 0.871 bits per heavy atom. The summed E-state index contributed by atoms with van der Waals surface area (Å²) in [5.41, 5.74) is 5.67. The van der Waals surface area contributed by atoms with E-state index in [4.69, 9.17) is 0 Å². The zero-order chi connectivity index (χ0) is 21.5. The number of allylic oxidation sites excluding steroid dienone is 6. The largest absolute Gasteiger partial charge is 0.395 e. The molecule has 0 saturated carbocycles. The molecular weight excluding hydrogens is 384 g/mol. The number of para-hydroxylation sites is 2. The molecule has 0 spiro atoms. The molecule has 1 aromatic heterocycles. The predicted molar refractivity (Wildman–Crippen MR) is 127 cm³/mol. The first-order valence-electron chi connectivity index (χ1n) is 10.5. The van der Waals surface area contributed by atoms with Crippen LogP contribution in [-0.4, -0.2) is 30.0 Å². The van der Waals surface area contributed by atoms with Crippen molar-refractivity contribution in [2.45, 2.75) is 6.54 Å². The highest BCUT2D eigenvalue weighted by atomic mass is 16.3. The zero-order valence-electron chi connectivity index (χ0n) is 17.4. The fourth-order valence-corrected chi connectivity index (χ4v) is 3.90. The molecule has 2 aromatic carbocycles. The van der Waals surface area contributed by atoms with Crippen LogP contribution < -0.4 is 9.47 Å². The minimum Gasteiger partial charge on any atom is -0.395 e. The zero-order valence-corrected chi connectivity index (χ0v) is 17.4. The Morgan fingerprint density at radius 2 is 1.71 bits per heavy atom. The molecule has 4 heteroatoms. The number of nitrogens with zero attached hydrogens (tertiary/aromatic N) is 2. The molecule has 1 aliphatic heterocycles. The second-order valence-corrected chi connectivity index (χ2v) is 7.32. The highest BCUT2D eigenvalue weighted by Gasteiger charge is 2.14. The van der Waals surface area contributed by atoms with Crippen molar-refractivity contribution in [1.29, 1.82) is 0 Å². The van der Waals surface area contributed by atoms with Crippen molar-refractivity contribution < 1.29 is 14.8 Å². The van der Waals surface area contributed by atoms with Crippen molar-refractivity contribution in [2.24, 2.45) is 0 Å². The molecule has 0 saturated heterocycles. The standard InChI is InChI=1S/C27H27N2O2/c30-20-18-28-16-14-22(24-10-4-6-12-26(24)28)8-2-1-3-9-23-15-17-29(19-21-31)27-13-7-5-11-25(23)27/h1-17,30-31H,18-21H2/q+1. The average Bonchev–Trinajstić information content (AvgIpc) is 2.81. The van der Waals surface area contributed by atoms with Gasteiger partial charge in [-0.3, -0.25) is 0 Å². The molecule has 0 fully saturated rings. The Bertz CT molecular complexity index is 1170. The maximum atomic E-state index is 9.29. The fourth-order valence-electron chi connectivity index (χ4n) is 3.90. The van der Waals surface area contributed by atoms with Crippen molar-refractivity contribution in [3.63, 3.8) is 0 Å². The van der Waals surface area contributed by atoms with Crippen LogP contribution in [0, 0.1) is 0 Å². The molecule has 0 amide bonds. The molecule has 2 heterocycles. The Kier molecular flexibility index (Phi) is 6.72. The van der Waals surface area contributed by atoms with Gasteiger partial charge < -0.3 is 15.1 Å². The van der Waals surface area contributed by atoms with Crippen LogP contribution in [0.4, 0.5) is 5.69 Å². The second kappa shape index (κ2) is 10.0. The van der Waals surface area contributed by atoms with Crippen LogP contribution in [-0.2, 0) is 6.54 Å². The number of fused-ring (bicyclic) bond motifs is 2. The first kappa shape index (κ1) is 20.8. The van der Waals surface area contributed by atoms with E-state index < -0.39 is 0 Å². The molecule has 31 heavy (non-hydrogen) atoms. The number of hydrogen-bond donors (Lipinski definition) is 2. The van der Waals surface area contributed by atoms with E-state index in [1.165, 1.54) is 0 Å². The Hall–Kier alpha value is -3.47. The summed E-state index contributed by atoms with van der Waals surface area (Å²) < 4.78 is 2.07. The molecule has 4 nitrogen and oxygen atoms in total. The second-order valence-electron chi connectivity index (χ2n) is 7.32. The van der Waals surface area contributed by atoms with Crippen LogP contribution in [0.1, 0.15) is 11.1 Å². The van der Waals surface area contributed by atoms with Crippen molar-refractivity contribution in [2.75, 3.05) is 24.7 Å². The number of aliphatic hydroxyl groups is 2. The van der Waals surface area contributed by atoms with Crippen LogP contribution in [0.15, 0.2) is 97.4 Å². The van der Waals surface area contributed by atoms with Crippen LogP contribution in [0.5, 0.6) is 0 Å². The van der Waals surface area contributed by atoms with Gasteiger partial charge in [0.15, 0.2) is 12.7 Å². The van der Waals surface area contributed by atoms with Crippen LogP contribution >= 0.6 is 0 Å². The maximum Gasteiger partial charge on any atom is 0.213 e. The summed E-state index contributed by atoms with van der Waals surface area (Å²) in [6.07, 6.45) is 16.5. The minimum absolute atomic E-state index is 0.122. The van der Waals surface area contributed by atoms with Gasteiger partial charge >= 0.3 is 0 Å². The SMILES string of the molecule is OCCN1C=C/C(=C/C=C/C=C/c2cc[n+](CCO)c3ccccc23)c2ccccc21. The van der Waals surface area contributed by atoms with E-state index in [2.05, 4.69) is 58.0 Å². The van der Waals surface area contributed by atoms with E-state index in [1.807, 2.05) is 54.9 Å². The summed E-state index contributed by atoms with van der Waals surface area (Å²) in [5, 5.41) is 19.7. The van der Waals surface area contributed by atoms with E-state index in [-0.39, 0.29) is 13.2 Å². The quantitative estimate of drug-likeness (QED) is 0.455. The predicted octanol–water partition coefficient (Wildman–Crippen LogP) is 4.10. The molecule has 3 aromatic rings. The van der Waals surface area contributed by atoms with Gasteiger partial charge in [0.2, 0.25) is 5.52 Å². The van der Waals surface area contributed by atoms with Crippen molar-refractivity contribution >= 4 is 28.2 Å². The molecule has 0 atom stereocenters. The molecule has 2 N–H and O–H groups in total. The summed E-state index contributed by atoms with van der Waals surface area (Å²) >= 11 is 0. The topological polar surface area (TPSA) is 47.6 Å². The number of β-amino-alcohol motifs (C(OH)–C–C–N with tert-alkyl or cyclic N) is 1. The molecule has 0 aliphatic carbocycles. The molecule has 156 valence electrons. The number of benzene rings is 2. The van der Waals surface area contributed by atoms with Gasteiger partial charge in [-0.1, -0.05) is 60.7 Å². The van der Waals surface area contributed by atoms with Crippen molar-refractivity contribution in [3.05, 3.63) is 109 Å². The lowest BCUT2D eigenvalue weighted by Crippen LogP contribution is -2.36. The van der Waals surface area contributed by atoms with Crippen molar-refractivity contribution in [3.8, 4) is 0 Å². The average molecular weight is 412 g/mol. The summed E-state index contributed by atoms with van der Waals surface area (Å²) in [7, 11) is 0. The summed E-state index contributed by atoms with van der Waals surface area (Å²) in [6, 6.07) is 18.6. The van der Waals surface area contributed by atoms with Gasteiger partial charge in [0.05, 0.1) is 12.0 Å². The number of aliphatic hydroxyl groups excluding tert-OH is 2. The van der Waals surface area contributed by atoms with E-state index in [1.54, 1.807) is 0 Å². The summed E-state index contributed by atoms with van der Waals surface area (Å²) in [5.74, 6) is 0. The number of aromatic nitrogens is 1. The lowest BCUT2D eigenvalue weighted by atomic mass is 9.99. The maximum absolute atomic E-state index is 9.29. The van der Waals surface area contributed by atoms with Gasteiger partial charge in [-0.15, -0.1) is 0 Å². The van der Waals surface area contributed by atoms with Gasteiger partial charge in [0.1, 0.15) is 6.61 Å². The molecule has 1 aliphatic rings. The highest BCUT2D eigenvalue weighted by molar-refractivity contribution is 5.87. The molecule has 0 unspecified atom stereocenters. The number of anilines is 1. The third-order valence-electron chi connectivity index (χ3n) is 5.37. The third kappa shape index (κ3) is 4.66. The van der Waals surface area contributed by atoms with Gasteiger partial charge in [-0.25, -0.2) is 0 Å². The highest BCUT2D eigenvalue weighted by Crippen LogP contribution is 2.32. The normalized spacial score (nSPS) is 14.9.